The summed E-state index contributed by atoms with van der Waals surface area (Å²) in [5.41, 5.74) is 2.62. The van der Waals surface area contributed by atoms with Gasteiger partial charge in [0.15, 0.2) is 0 Å². The van der Waals surface area contributed by atoms with Gasteiger partial charge in [-0.25, -0.2) is 0 Å². The monoisotopic (exact) mass is 261 g/mol. The average Bonchev–Trinajstić information content (AvgIpc) is 2.82. The summed E-state index contributed by atoms with van der Waals surface area (Å²) < 4.78 is 0. The van der Waals surface area contributed by atoms with Crippen molar-refractivity contribution in [3.63, 3.8) is 0 Å². The van der Waals surface area contributed by atoms with Gasteiger partial charge in [-0.1, -0.05) is 23.7 Å². The molecular weight excluding hydrogens is 246 g/mol. The third-order valence-electron chi connectivity index (χ3n) is 3.63. The molecule has 1 aromatic carbocycles. The number of hydrogen-bond acceptors (Lipinski definition) is 2. The lowest BCUT2D eigenvalue weighted by Gasteiger charge is -2.36. The number of nitrogens with zero attached hydrogens (tertiary/aromatic N) is 1. The van der Waals surface area contributed by atoms with Crippen LogP contribution in [0.2, 0.25) is 5.02 Å². The number of halogens is 1. The van der Waals surface area contributed by atoms with Crippen LogP contribution < -0.4 is 5.32 Å². The molecule has 0 bridgehead atoms. The highest BCUT2D eigenvalue weighted by Crippen LogP contribution is 2.37. The molecule has 94 valence electrons. The Morgan fingerprint density at radius 2 is 2.06 bits per heavy atom. The zero-order valence-corrected chi connectivity index (χ0v) is 10.8. The molecular formula is C14H16ClN3. The average molecular weight is 262 g/mol. The Kier molecular flexibility index (Phi) is 3.35. The van der Waals surface area contributed by atoms with Gasteiger partial charge < -0.3 is 5.32 Å². The number of benzene rings is 1. The van der Waals surface area contributed by atoms with E-state index in [9.17, 15) is 0 Å². The molecule has 0 atom stereocenters. The highest BCUT2D eigenvalue weighted by atomic mass is 35.5. The van der Waals surface area contributed by atoms with E-state index in [-0.39, 0.29) is 0 Å². The zero-order valence-electron chi connectivity index (χ0n) is 10.1. The van der Waals surface area contributed by atoms with Crippen LogP contribution >= 0.6 is 11.6 Å². The molecule has 0 unspecified atom stereocenters. The summed E-state index contributed by atoms with van der Waals surface area (Å²) >= 11 is 5.89. The van der Waals surface area contributed by atoms with Crippen molar-refractivity contribution < 1.29 is 0 Å². The van der Waals surface area contributed by atoms with E-state index in [4.69, 9.17) is 11.6 Å². The second-order valence-corrected chi connectivity index (χ2v) is 5.34. The number of aromatic amines is 1. The van der Waals surface area contributed by atoms with Crippen LogP contribution in [-0.4, -0.2) is 16.2 Å². The predicted molar refractivity (Wildman–Crippen MR) is 72.6 cm³/mol. The SMILES string of the molecule is Clc1ccc(C2CC(NCc3cn[nH]c3)C2)cc1. The highest BCUT2D eigenvalue weighted by molar-refractivity contribution is 6.30. The lowest BCUT2D eigenvalue weighted by Crippen LogP contribution is -2.39. The first-order valence-corrected chi connectivity index (χ1v) is 6.65. The van der Waals surface area contributed by atoms with Gasteiger partial charge in [-0.05, 0) is 36.5 Å². The Labute approximate surface area is 112 Å². The number of nitrogens with one attached hydrogen (secondary N) is 2. The van der Waals surface area contributed by atoms with Crippen LogP contribution in [0.3, 0.4) is 0 Å². The quantitative estimate of drug-likeness (QED) is 0.888. The molecule has 1 aliphatic rings. The van der Waals surface area contributed by atoms with Crippen LogP contribution in [0.4, 0.5) is 0 Å². The first kappa shape index (κ1) is 11.8. The van der Waals surface area contributed by atoms with Gasteiger partial charge in [0, 0.05) is 29.4 Å². The van der Waals surface area contributed by atoms with Gasteiger partial charge in [0.1, 0.15) is 0 Å². The smallest absolute Gasteiger partial charge is 0.0532 e. The zero-order chi connectivity index (χ0) is 12.4. The van der Waals surface area contributed by atoms with E-state index in [1.807, 2.05) is 24.5 Å². The molecule has 4 heteroatoms. The second-order valence-electron chi connectivity index (χ2n) is 4.90. The van der Waals surface area contributed by atoms with Crippen molar-refractivity contribution in [2.75, 3.05) is 0 Å². The van der Waals surface area contributed by atoms with E-state index >= 15 is 0 Å². The van der Waals surface area contributed by atoms with Crippen LogP contribution in [-0.2, 0) is 6.54 Å². The Morgan fingerprint density at radius 3 is 2.72 bits per heavy atom. The summed E-state index contributed by atoms with van der Waals surface area (Å²) in [6, 6.07) is 8.85. The third kappa shape index (κ3) is 2.57. The normalized spacial score (nSPS) is 22.7. The minimum Gasteiger partial charge on any atom is -0.310 e. The minimum absolute atomic E-state index is 0.626. The summed E-state index contributed by atoms with van der Waals surface area (Å²) in [6.45, 7) is 0.897. The molecule has 18 heavy (non-hydrogen) atoms. The predicted octanol–water partition coefficient (Wildman–Crippen LogP) is 3.10. The van der Waals surface area contributed by atoms with E-state index in [0.717, 1.165) is 11.6 Å². The van der Waals surface area contributed by atoms with Gasteiger partial charge in [-0.2, -0.15) is 5.10 Å². The Hall–Kier alpha value is -1.32. The van der Waals surface area contributed by atoms with Crippen LogP contribution in [0.1, 0.15) is 29.9 Å². The molecule has 3 rings (SSSR count). The molecule has 0 radical (unpaired) electrons. The molecule has 0 amide bonds. The van der Waals surface area contributed by atoms with Gasteiger partial charge >= 0.3 is 0 Å². The van der Waals surface area contributed by atoms with Crippen LogP contribution in [0, 0.1) is 0 Å². The lowest BCUT2D eigenvalue weighted by molar-refractivity contribution is 0.289. The van der Waals surface area contributed by atoms with E-state index in [1.54, 1.807) is 0 Å². The molecule has 1 aromatic heterocycles. The number of rotatable bonds is 4. The minimum atomic E-state index is 0.626. The summed E-state index contributed by atoms with van der Waals surface area (Å²) in [5.74, 6) is 0.684. The van der Waals surface area contributed by atoms with Crippen molar-refractivity contribution in [1.82, 2.24) is 15.5 Å². The van der Waals surface area contributed by atoms with Crippen LogP contribution in [0.5, 0.6) is 0 Å². The topological polar surface area (TPSA) is 40.7 Å². The largest absolute Gasteiger partial charge is 0.310 e. The van der Waals surface area contributed by atoms with Gasteiger partial charge in [0.25, 0.3) is 0 Å². The van der Waals surface area contributed by atoms with E-state index in [0.29, 0.717) is 12.0 Å². The van der Waals surface area contributed by atoms with Gasteiger partial charge in [-0.15, -0.1) is 0 Å². The van der Waals surface area contributed by atoms with Crippen molar-refractivity contribution in [2.24, 2.45) is 0 Å². The van der Waals surface area contributed by atoms with Crippen molar-refractivity contribution in [3.8, 4) is 0 Å². The maximum absolute atomic E-state index is 5.89. The molecule has 3 nitrogen and oxygen atoms in total. The number of aromatic nitrogens is 2. The molecule has 1 heterocycles. The number of hydrogen-bond donors (Lipinski definition) is 2. The molecule has 0 saturated heterocycles. The summed E-state index contributed by atoms with van der Waals surface area (Å²) in [6.07, 6.45) is 6.21. The fourth-order valence-corrected chi connectivity index (χ4v) is 2.55. The van der Waals surface area contributed by atoms with E-state index in [2.05, 4.69) is 27.6 Å². The summed E-state index contributed by atoms with van der Waals surface area (Å²) in [4.78, 5) is 0. The first-order chi connectivity index (χ1) is 8.81. The van der Waals surface area contributed by atoms with Gasteiger partial charge in [0.2, 0.25) is 0 Å². The summed E-state index contributed by atoms with van der Waals surface area (Å²) in [7, 11) is 0. The molecule has 1 saturated carbocycles. The van der Waals surface area contributed by atoms with Crippen molar-refractivity contribution in [3.05, 3.63) is 52.8 Å². The number of H-pyrrole nitrogens is 1. The van der Waals surface area contributed by atoms with Crippen molar-refractivity contribution >= 4 is 11.6 Å². The van der Waals surface area contributed by atoms with E-state index < -0.39 is 0 Å². The van der Waals surface area contributed by atoms with Crippen LogP contribution in [0.25, 0.3) is 0 Å². The molecule has 2 aromatic rings. The Bertz CT molecular complexity index is 486. The van der Waals surface area contributed by atoms with E-state index in [1.165, 1.54) is 24.0 Å². The molecule has 1 aliphatic carbocycles. The Morgan fingerprint density at radius 1 is 1.28 bits per heavy atom. The molecule has 2 N–H and O–H groups in total. The lowest BCUT2D eigenvalue weighted by atomic mass is 9.76. The highest BCUT2D eigenvalue weighted by Gasteiger charge is 2.29. The van der Waals surface area contributed by atoms with Gasteiger partial charge in [0.05, 0.1) is 6.20 Å². The maximum atomic E-state index is 5.89. The molecule has 1 fully saturated rings. The van der Waals surface area contributed by atoms with Gasteiger partial charge in [-0.3, -0.25) is 5.10 Å². The fraction of sp³-hybridized carbons (Fsp3) is 0.357. The second kappa shape index (κ2) is 5.12. The van der Waals surface area contributed by atoms with Crippen molar-refractivity contribution in [2.45, 2.75) is 31.3 Å². The Balaban J connectivity index is 1.47. The van der Waals surface area contributed by atoms with Crippen molar-refractivity contribution in [1.29, 1.82) is 0 Å². The fourth-order valence-electron chi connectivity index (χ4n) is 2.43. The first-order valence-electron chi connectivity index (χ1n) is 6.28. The third-order valence-corrected chi connectivity index (χ3v) is 3.88. The molecule has 0 spiro atoms. The maximum Gasteiger partial charge on any atom is 0.0532 e. The standard InChI is InChI=1S/C14H16ClN3/c15-13-3-1-11(2-4-13)12-5-14(6-12)16-7-10-8-17-18-9-10/h1-4,8-9,12,14,16H,5-7H2,(H,17,18). The van der Waals surface area contributed by atoms with Crippen LogP contribution in [0.15, 0.2) is 36.7 Å². The summed E-state index contributed by atoms with van der Waals surface area (Å²) in [5, 5.41) is 11.1. The molecule has 0 aliphatic heterocycles.